The van der Waals surface area contributed by atoms with Crippen LogP contribution in [0.4, 0.5) is 22.7 Å². The lowest BCUT2D eigenvalue weighted by atomic mass is 10.2. The number of nitrogens with zero attached hydrogens (tertiary/aromatic N) is 1. The molecule has 3 N–H and O–H groups in total. The van der Waals surface area contributed by atoms with E-state index in [4.69, 9.17) is 0 Å². The third kappa shape index (κ3) is 2.73. The molecule has 0 amide bonds. The van der Waals surface area contributed by atoms with E-state index in [0.29, 0.717) is 0 Å². The van der Waals surface area contributed by atoms with Crippen molar-refractivity contribution in [2.24, 2.45) is 0 Å². The molecular weight excluding hydrogens is 290 g/mol. The average molecular weight is 308 g/mol. The monoisotopic (exact) mass is 307 g/mol. The highest BCUT2D eigenvalue weighted by Gasteiger charge is 2.21. The zero-order valence-electron chi connectivity index (χ0n) is 11.8. The number of nitrogens with two attached hydrogens (primary N) is 1. The number of hydrogen-bond donors (Lipinski definition) is 2. The fourth-order valence-corrected chi connectivity index (χ4v) is 3.28. The molecule has 1 aliphatic heterocycles. The standard InChI is InChI=1S/C15H17N3S.ClH/c1-16-10-4-6-12-14(8-10)19-15-9-11(18(2)3)5-7-13(15)17-12;/h4-9,16-17H,1-3H3;1H. The molecule has 0 aromatic heterocycles. The number of hydrogen-bond acceptors (Lipinski definition) is 3. The Hall–Kier alpha value is -1.36. The van der Waals surface area contributed by atoms with Gasteiger partial charge in [0.25, 0.3) is 0 Å². The van der Waals surface area contributed by atoms with Crippen molar-refractivity contribution in [3.8, 4) is 0 Å². The summed E-state index contributed by atoms with van der Waals surface area (Å²) in [7, 11) is 6.11. The molecule has 20 heavy (non-hydrogen) atoms. The smallest absolute Gasteiger partial charge is 0.148 e. The van der Waals surface area contributed by atoms with Gasteiger partial charge < -0.3 is 22.6 Å². The van der Waals surface area contributed by atoms with E-state index in [1.165, 1.54) is 26.9 Å². The summed E-state index contributed by atoms with van der Waals surface area (Å²) in [6, 6.07) is 13.1. The number of fused-ring (bicyclic) bond motifs is 2. The molecule has 5 heteroatoms. The molecule has 0 radical (unpaired) electrons. The molecule has 0 aliphatic carbocycles. The third-order valence-electron chi connectivity index (χ3n) is 3.35. The number of rotatable bonds is 2. The van der Waals surface area contributed by atoms with E-state index in [1.54, 1.807) is 0 Å². The van der Waals surface area contributed by atoms with Gasteiger partial charge in [0, 0.05) is 44.7 Å². The molecule has 106 valence electrons. The molecule has 0 saturated carbocycles. The number of nitrogens with one attached hydrogen (secondary N) is 1. The Morgan fingerprint density at radius 2 is 1.65 bits per heavy atom. The Bertz CT molecular complexity index is 629. The lowest BCUT2D eigenvalue weighted by molar-refractivity contribution is -0.485. The van der Waals surface area contributed by atoms with Crippen LogP contribution in [-0.4, -0.2) is 21.1 Å². The molecule has 0 bridgehead atoms. The number of quaternary nitrogens is 1. The minimum Gasteiger partial charge on any atom is -1.00 e. The Morgan fingerprint density at radius 3 is 2.30 bits per heavy atom. The predicted molar refractivity (Wildman–Crippen MR) is 82.1 cm³/mol. The molecular formula is C15H18ClN3S. The second kappa shape index (κ2) is 5.95. The van der Waals surface area contributed by atoms with Crippen LogP contribution in [0.1, 0.15) is 0 Å². The van der Waals surface area contributed by atoms with E-state index in [-0.39, 0.29) is 12.4 Å². The largest absolute Gasteiger partial charge is 1.00 e. The quantitative estimate of drug-likeness (QED) is 0.643. The van der Waals surface area contributed by atoms with Gasteiger partial charge in [-0.25, -0.2) is 0 Å². The molecule has 1 aliphatic rings. The highest BCUT2D eigenvalue weighted by molar-refractivity contribution is 7.99. The molecule has 0 unspecified atom stereocenters. The van der Waals surface area contributed by atoms with Crippen molar-refractivity contribution in [3.05, 3.63) is 36.4 Å². The van der Waals surface area contributed by atoms with Gasteiger partial charge in [0.05, 0.1) is 9.79 Å². The highest BCUT2D eigenvalue weighted by atomic mass is 35.5. The summed E-state index contributed by atoms with van der Waals surface area (Å²) in [5, 5.41) is 5.46. The summed E-state index contributed by atoms with van der Waals surface area (Å²) in [5.74, 6) is 0. The van der Waals surface area contributed by atoms with Gasteiger partial charge in [-0.3, -0.25) is 5.32 Å². The van der Waals surface area contributed by atoms with Crippen molar-refractivity contribution in [1.29, 1.82) is 0 Å². The minimum absolute atomic E-state index is 0. The molecule has 3 nitrogen and oxygen atoms in total. The molecule has 2 aromatic carbocycles. The van der Waals surface area contributed by atoms with Crippen LogP contribution in [0.5, 0.6) is 0 Å². The third-order valence-corrected chi connectivity index (χ3v) is 4.49. The van der Waals surface area contributed by atoms with Crippen molar-refractivity contribution in [3.63, 3.8) is 0 Å². The predicted octanol–water partition coefficient (Wildman–Crippen LogP) is -0.210. The second-order valence-electron chi connectivity index (χ2n) is 4.87. The van der Waals surface area contributed by atoms with Crippen molar-refractivity contribution in [1.82, 2.24) is 0 Å². The van der Waals surface area contributed by atoms with Gasteiger partial charge >= 0.3 is 0 Å². The fraction of sp³-hybridized carbons (Fsp3) is 0.200. The topological polar surface area (TPSA) is 31.9 Å². The van der Waals surface area contributed by atoms with Gasteiger partial charge in [-0.2, -0.15) is 0 Å². The molecule has 0 fully saturated rings. The highest BCUT2D eigenvalue weighted by Crippen LogP contribution is 2.41. The van der Waals surface area contributed by atoms with E-state index in [0.717, 1.165) is 5.69 Å². The van der Waals surface area contributed by atoms with E-state index in [2.05, 4.69) is 66.0 Å². The van der Waals surface area contributed by atoms with Gasteiger partial charge in [-0.05, 0) is 24.3 Å². The zero-order chi connectivity index (χ0) is 13.4. The summed E-state index contributed by atoms with van der Waals surface area (Å²) in [5.41, 5.74) is 5.01. The number of halogens is 1. The van der Waals surface area contributed by atoms with Gasteiger partial charge in [0.2, 0.25) is 0 Å². The van der Waals surface area contributed by atoms with Crippen LogP contribution >= 0.6 is 11.8 Å². The van der Waals surface area contributed by atoms with E-state index in [9.17, 15) is 0 Å². The van der Waals surface area contributed by atoms with Gasteiger partial charge in [0.15, 0.2) is 0 Å². The summed E-state index contributed by atoms with van der Waals surface area (Å²) in [4.78, 5) is 4.78. The van der Waals surface area contributed by atoms with Crippen LogP contribution in [-0.2, 0) is 0 Å². The minimum atomic E-state index is 0. The molecule has 3 rings (SSSR count). The normalized spacial score (nSPS) is 11.9. The maximum atomic E-state index is 3.20. The van der Waals surface area contributed by atoms with Gasteiger partial charge in [-0.1, -0.05) is 11.8 Å². The first-order chi connectivity index (χ1) is 9.17. The van der Waals surface area contributed by atoms with Gasteiger partial charge in [-0.15, -0.1) is 0 Å². The fourth-order valence-electron chi connectivity index (χ4n) is 2.19. The summed E-state index contributed by atoms with van der Waals surface area (Å²) in [6.45, 7) is 0. The van der Waals surface area contributed by atoms with E-state index < -0.39 is 0 Å². The van der Waals surface area contributed by atoms with Crippen molar-refractivity contribution >= 4 is 34.5 Å². The van der Waals surface area contributed by atoms with Crippen LogP contribution in [0.2, 0.25) is 0 Å². The Kier molecular flexibility index (Phi) is 4.48. The Balaban J connectivity index is 0.00000147. The molecule has 0 spiro atoms. The van der Waals surface area contributed by atoms with Crippen LogP contribution in [0.15, 0.2) is 46.2 Å². The first-order valence-electron chi connectivity index (χ1n) is 6.33. The summed E-state index contributed by atoms with van der Waals surface area (Å²) in [6.07, 6.45) is 0. The SMILES string of the molecule is CNc1ccc2c(c1)Sc1cc(N(C)C)ccc1[NH2+]2.[Cl-]. The lowest BCUT2D eigenvalue weighted by Gasteiger charge is -2.19. The Labute approximate surface area is 130 Å². The van der Waals surface area contributed by atoms with Crippen LogP contribution in [0.3, 0.4) is 0 Å². The molecule has 0 saturated heterocycles. The molecule has 1 heterocycles. The van der Waals surface area contributed by atoms with Crippen LogP contribution in [0, 0.1) is 0 Å². The molecule has 0 atom stereocenters. The van der Waals surface area contributed by atoms with Crippen LogP contribution < -0.4 is 27.9 Å². The first-order valence-corrected chi connectivity index (χ1v) is 7.15. The maximum absolute atomic E-state index is 3.20. The second-order valence-corrected chi connectivity index (χ2v) is 5.95. The lowest BCUT2D eigenvalue weighted by Crippen LogP contribution is -3.00. The van der Waals surface area contributed by atoms with Crippen molar-refractivity contribution < 1.29 is 17.7 Å². The summed E-state index contributed by atoms with van der Waals surface area (Å²) < 4.78 is 0. The van der Waals surface area contributed by atoms with Gasteiger partial charge in [0.1, 0.15) is 11.4 Å². The number of anilines is 2. The maximum Gasteiger partial charge on any atom is 0.148 e. The first kappa shape index (κ1) is 15.0. The average Bonchev–Trinajstić information content (AvgIpc) is 2.43. The summed E-state index contributed by atoms with van der Waals surface area (Å²) >= 11 is 1.85. The van der Waals surface area contributed by atoms with E-state index >= 15 is 0 Å². The van der Waals surface area contributed by atoms with Crippen LogP contribution in [0.25, 0.3) is 0 Å². The van der Waals surface area contributed by atoms with E-state index in [1.807, 2.05) is 18.8 Å². The number of benzene rings is 2. The molecule has 2 aromatic rings. The van der Waals surface area contributed by atoms with Crippen molar-refractivity contribution in [2.75, 3.05) is 31.4 Å². The Morgan fingerprint density at radius 1 is 1.00 bits per heavy atom. The zero-order valence-corrected chi connectivity index (χ0v) is 13.3. The van der Waals surface area contributed by atoms with Crippen molar-refractivity contribution in [2.45, 2.75) is 9.79 Å².